The average molecular weight is 186 g/mol. The van der Waals surface area contributed by atoms with Crippen LogP contribution in [0.1, 0.15) is 47.0 Å². The minimum atomic E-state index is 0.271. The van der Waals surface area contributed by atoms with E-state index in [0.29, 0.717) is 0 Å². The molecule has 0 aliphatic heterocycles. The molecule has 0 saturated carbocycles. The molecule has 0 aliphatic carbocycles. The molecule has 0 rings (SSSR count). The highest BCUT2D eigenvalue weighted by Crippen LogP contribution is 2.13. The van der Waals surface area contributed by atoms with Crippen molar-refractivity contribution in [3.05, 3.63) is 0 Å². The Morgan fingerprint density at radius 1 is 1.08 bits per heavy atom. The molecule has 0 fully saturated rings. The van der Waals surface area contributed by atoms with Crippen LogP contribution in [0.4, 0.5) is 0 Å². The Morgan fingerprint density at radius 3 is 2.08 bits per heavy atom. The zero-order valence-corrected chi connectivity index (χ0v) is 9.77. The molecule has 2 heteroatoms. The van der Waals surface area contributed by atoms with Gasteiger partial charge in [-0.05, 0) is 33.7 Å². The second-order valence-electron chi connectivity index (χ2n) is 4.65. The van der Waals surface area contributed by atoms with Gasteiger partial charge >= 0.3 is 0 Å². The van der Waals surface area contributed by atoms with E-state index in [1.54, 1.807) is 0 Å². The fraction of sp³-hybridized carbons (Fsp3) is 1.00. The van der Waals surface area contributed by atoms with Crippen molar-refractivity contribution in [3.63, 3.8) is 0 Å². The number of unbranched alkanes of at least 4 members (excludes halogenated alkanes) is 2. The molecule has 0 radical (unpaired) electrons. The summed E-state index contributed by atoms with van der Waals surface area (Å²) in [5.41, 5.74) is 5.86. The number of hydrogen-bond acceptors (Lipinski definition) is 2. The van der Waals surface area contributed by atoms with Crippen molar-refractivity contribution >= 4 is 0 Å². The first-order chi connectivity index (χ1) is 6.02. The van der Waals surface area contributed by atoms with Crippen LogP contribution in [0.15, 0.2) is 0 Å². The van der Waals surface area contributed by atoms with Gasteiger partial charge in [0, 0.05) is 18.6 Å². The van der Waals surface area contributed by atoms with Crippen LogP contribution >= 0.6 is 0 Å². The Balaban J connectivity index is 3.81. The second kappa shape index (κ2) is 6.39. The predicted molar refractivity (Wildman–Crippen MR) is 59.9 cm³/mol. The quantitative estimate of drug-likeness (QED) is 0.645. The van der Waals surface area contributed by atoms with E-state index >= 15 is 0 Å². The molecule has 0 unspecified atom stereocenters. The first-order valence-corrected chi connectivity index (χ1v) is 5.47. The van der Waals surface area contributed by atoms with Gasteiger partial charge < -0.3 is 5.73 Å². The van der Waals surface area contributed by atoms with E-state index in [1.807, 2.05) is 0 Å². The molecule has 0 aromatic heterocycles. The molecule has 2 nitrogen and oxygen atoms in total. The van der Waals surface area contributed by atoms with E-state index < -0.39 is 0 Å². The SMILES string of the molecule is CCCCCN(CCN)C(C)(C)C. The van der Waals surface area contributed by atoms with E-state index in [0.717, 1.165) is 13.1 Å². The lowest BCUT2D eigenvalue weighted by Crippen LogP contribution is -2.44. The van der Waals surface area contributed by atoms with Gasteiger partial charge in [0.15, 0.2) is 0 Å². The van der Waals surface area contributed by atoms with Crippen molar-refractivity contribution in [1.29, 1.82) is 0 Å². The average Bonchev–Trinajstić information content (AvgIpc) is 2.01. The van der Waals surface area contributed by atoms with Crippen LogP contribution in [-0.2, 0) is 0 Å². The lowest BCUT2D eigenvalue weighted by molar-refractivity contribution is 0.138. The summed E-state index contributed by atoms with van der Waals surface area (Å²) < 4.78 is 0. The first-order valence-electron chi connectivity index (χ1n) is 5.47. The summed E-state index contributed by atoms with van der Waals surface area (Å²) in [7, 11) is 0. The van der Waals surface area contributed by atoms with E-state index in [-0.39, 0.29) is 5.54 Å². The standard InChI is InChI=1S/C11H26N2/c1-5-6-7-9-13(10-8-12)11(2,3)4/h5-10,12H2,1-4H3. The molecule has 0 aromatic carbocycles. The normalized spacial score (nSPS) is 12.5. The molecular weight excluding hydrogens is 160 g/mol. The minimum absolute atomic E-state index is 0.271. The van der Waals surface area contributed by atoms with Crippen molar-refractivity contribution in [1.82, 2.24) is 4.90 Å². The predicted octanol–water partition coefficient (Wildman–Crippen LogP) is 2.24. The van der Waals surface area contributed by atoms with Gasteiger partial charge in [-0.2, -0.15) is 0 Å². The molecule has 13 heavy (non-hydrogen) atoms. The molecule has 80 valence electrons. The van der Waals surface area contributed by atoms with E-state index in [2.05, 4.69) is 32.6 Å². The second-order valence-corrected chi connectivity index (χ2v) is 4.65. The Morgan fingerprint density at radius 2 is 1.69 bits per heavy atom. The highest BCUT2D eigenvalue weighted by atomic mass is 15.2. The number of rotatable bonds is 6. The highest BCUT2D eigenvalue weighted by molar-refractivity contribution is 4.76. The third-order valence-electron chi connectivity index (χ3n) is 2.38. The van der Waals surface area contributed by atoms with E-state index in [4.69, 9.17) is 5.73 Å². The van der Waals surface area contributed by atoms with Crippen LogP contribution in [0.25, 0.3) is 0 Å². The Kier molecular flexibility index (Phi) is 6.35. The Bertz CT molecular complexity index is 116. The number of nitrogens with zero attached hydrogens (tertiary/aromatic N) is 1. The summed E-state index contributed by atoms with van der Waals surface area (Å²) in [6, 6.07) is 0. The lowest BCUT2D eigenvalue weighted by Gasteiger charge is -2.35. The van der Waals surface area contributed by atoms with Gasteiger partial charge in [0.2, 0.25) is 0 Å². The molecule has 0 spiro atoms. The monoisotopic (exact) mass is 186 g/mol. The molecule has 0 heterocycles. The van der Waals surface area contributed by atoms with Crippen LogP contribution in [0, 0.1) is 0 Å². The summed E-state index contributed by atoms with van der Waals surface area (Å²) in [4.78, 5) is 2.47. The van der Waals surface area contributed by atoms with Gasteiger partial charge in [-0.15, -0.1) is 0 Å². The third kappa shape index (κ3) is 6.05. The van der Waals surface area contributed by atoms with Crippen molar-refractivity contribution in [2.24, 2.45) is 5.73 Å². The minimum Gasteiger partial charge on any atom is -0.329 e. The summed E-state index contributed by atoms with van der Waals surface area (Å²) in [6.07, 6.45) is 3.92. The van der Waals surface area contributed by atoms with Crippen LogP contribution in [-0.4, -0.2) is 30.1 Å². The summed E-state index contributed by atoms with van der Waals surface area (Å²) in [5, 5.41) is 0. The smallest absolute Gasteiger partial charge is 0.0125 e. The van der Waals surface area contributed by atoms with Crippen molar-refractivity contribution in [2.45, 2.75) is 52.5 Å². The van der Waals surface area contributed by atoms with Crippen LogP contribution in [0.5, 0.6) is 0 Å². The largest absolute Gasteiger partial charge is 0.329 e. The Hall–Kier alpha value is -0.0800. The van der Waals surface area contributed by atoms with Gasteiger partial charge in [0.1, 0.15) is 0 Å². The molecule has 0 bridgehead atoms. The van der Waals surface area contributed by atoms with Gasteiger partial charge in [0.25, 0.3) is 0 Å². The summed E-state index contributed by atoms with van der Waals surface area (Å²) in [5.74, 6) is 0. The van der Waals surface area contributed by atoms with E-state index in [1.165, 1.54) is 25.8 Å². The van der Waals surface area contributed by atoms with Crippen LogP contribution in [0.3, 0.4) is 0 Å². The highest BCUT2D eigenvalue weighted by Gasteiger charge is 2.19. The van der Waals surface area contributed by atoms with Gasteiger partial charge in [-0.25, -0.2) is 0 Å². The summed E-state index contributed by atoms with van der Waals surface area (Å²) in [6.45, 7) is 12.0. The topological polar surface area (TPSA) is 29.3 Å². The van der Waals surface area contributed by atoms with Crippen molar-refractivity contribution in [2.75, 3.05) is 19.6 Å². The molecule has 0 saturated heterocycles. The molecule has 0 amide bonds. The van der Waals surface area contributed by atoms with E-state index in [9.17, 15) is 0 Å². The van der Waals surface area contributed by atoms with Gasteiger partial charge in [0.05, 0.1) is 0 Å². The van der Waals surface area contributed by atoms with Crippen molar-refractivity contribution < 1.29 is 0 Å². The molecular formula is C11H26N2. The fourth-order valence-corrected chi connectivity index (χ4v) is 1.49. The lowest BCUT2D eigenvalue weighted by atomic mass is 10.1. The maximum atomic E-state index is 5.59. The maximum absolute atomic E-state index is 5.59. The molecule has 2 N–H and O–H groups in total. The number of nitrogens with two attached hydrogens (primary N) is 1. The fourth-order valence-electron chi connectivity index (χ4n) is 1.49. The summed E-state index contributed by atoms with van der Waals surface area (Å²) >= 11 is 0. The van der Waals surface area contributed by atoms with Gasteiger partial charge in [-0.3, -0.25) is 4.90 Å². The molecule has 0 aromatic rings. The molecule has 0 aliphatic rings. The number of hydrogen-bond donors (Lipinski definition) is 1. The molecule has 0 atom stereocenters. The Labute approximate surface area is 83.5 Å². The van der Waals surface area contributed by atoms with Crippen LogP contribution in [0.2, 0.25) is 0 Å². The first kappa shape index (κ1) is 12.9. The zero-order valence-electron chi connectivity index (χ0n) is 9.77. The van der Waals surface area contributed by atoms with Crippen LogP contribution < -0.4 is 5.73 Å². The maximum Gasteiger partial charge on any atom is 0.0125 e. The van der Waals surface area contributed by atoms with Crippen molar-refractivity contribution in [3.8, 4) is 0 Å². The third-order valence-corrected chi connectivity index (χ3v) is 2.38. The zero-order chi connectivity index (χ0) is 10.3. The van der Waals surface area contributed by atoms with Gasteiger partial charge in [-0.1, -0.05) is 19.8 Å².